The summed E-state index contributed by atoms with van der Waals surface area (Å²) in [6.07, 6.45) is 0.581. The van der Waals surface area contributed by atoms with Crippen molar-refractivity contribution in [1.29, 1.82) is 0 Å². The Bertz CT molecular complexity index is 423. The van der Waals surface area contributed by atoms with Crippen LogP contribution in [0.1, 0.15) is 23.7 Å². The first-order valence-corrected chi connectivity index (χ1v) is 4.38. The van der Waals surface area contributed by atoms with E-state index < -0.39 is 24.1 Å². The maximum atomic E-state index is 11.3. The standard InChI is InChI=1S/C10H9NO5/c1-6(12)16-9-3-2-7(5-11-9)8(13)4-10(14)15/h2-3,5H,4H2,1H3,(H,14,15). The maximum absolute atomic E-state index is 11.3. The Morgan fingerprint density at radius 3 is 2.50 bits per heavy atom. The summed E-state index contributed by atoms with van der Waals surface area (Å²) in [5.41, 5.74) is 0.165. The molecule has 0 spiro atoms. The number of hydrogen-bond donors (Lipinski definition) is 1. The van der Waals surface area contributed by atoms with Gasteiger partial charge in [0.15, 0.2) is 5.78 Å². The molecule has 1 rings (SSSR count). The largest absolute Gasteiger partial charge is 0.481 e. The third-order valence-corrected chi connectivity index (χ3v) is 1.62. The fourth-order valence-electron chi connectivity index (χ4n) is 0.992. The molecular formula is C10H9NO5. The zero-order valence-electron chi connectivity index (χ0n) is 8.47. The van der Waals surface area contributed by atoms with Crippen molar-refractivity contribution >= 4 is 17.7 Å². The number of ether oxygens (including phenoxy) is 1. The molecule has 1 N–H and O–H groups in total. The second kappa shape index (κ2) is 5.01. The molecule has 6 heteroatoms. The highest BCUT2D eigenvalue weighted by Crippen LogP contribution is 2.09. The minimum Gasteiger partial charge on any atom is -0.481 e. The predicted molar refractivity (Wildman–Crippen MR) is 52.1 cm³/mol. The van der Waals surface area contributed by atoms with Crippen LogP contribution in [0.2, 0.25) is 0 Å². The summed E-state index contributed by atoms with van der Waals surface area (Å²) in [5, 5.41) is 8.41. The lowest BCUT2D eigenvalue weighted by Gasteiger charge is -2.00. The smallest absolute Gasteiger partial charge is 0.311 e. The predicted octanol–water partition coefficient (Wildman–Crippen LogP) is 0.664. The normalized spacial score (nSPS) is 9.56. The second-order valence-electron chi connectivity index (χ2n) is 2.97. The fraction of sp³-hybridized carbons (Fsp3) is 0.200. The Labute approximate surface area is 90.9 Å². The van der Waals surface area contributed by atoms with Gasteiger partial charge in [-0.15, -0.1) is 0 Å². The molecule has 0 atom stereocenters. The van der Waals surface area contributed by atoms with Crippen molar-refractivity contribution in [2.24, 2.45) is 0 Å². The van der Waals surface area contributed by atoms with Gasteiger partial charge in [0.2, 0.25) is 5.88 Å². The van der Waals surface area contributed by atoms with Crippen LogP contribution in [0.3, 0.4) is 0 Å². The van der Waals surface area contributed by atoms with E-state index in [9.17, 15) is 14.4 Å². The lowest BCUT2D eigenvalue weighted by molar-refractivity contribution is -0.136. The van der Waals surface area contributed by atoms with Crippen LogP contribution in [0.4, 0.5) is 0 Å². The van der Waals surface area contributed by atoms with Gasteiger partial charge in [-0.3, -0.25) is 14.4 Å². The van der Waals surface area contributed by atoms with Crippen LogP contribution in [0, 0.1) is 0 Å². The summed E-state index contributed by atoms with van der Waals surface area (Å²) in [7, 11) is 0. The third kappa shape index (κ3) is 3.49. The van der Waals surface area contributed by atoms with Crippen LogP contribution >= 0.6 is 0 Å². The van der Waals surface area contributed by atoms with Crippen LogP contribution < -0.4 is 4.74 Å². The molecule has 0 fully saturated rings. The van der Waals surface area contributed by atoms with Crippen molar-refractivity contribution in [2.75, 3.05) is 0 Å². The van der Waals surface area contributed by atoms with Crippen molar-refractivity contribution in [3.63, 3.8) is 0 Å². The molecule has 0 unspecified atom stereocenters. The Morgan fingerprint density at radius 2 is 2.06 bits per heavy atom. The first kappa shape index (κ1) is 11.8. The Balaban J connectivity index is 2.74. The summed E-state index contributed by atoms with van der Waals surface area (Å²) in [5.74, 6) is -2.19. The molecule has 0 aliphatic rings. The van der Waals surface area contributed by atoms with Gasteiger partial charge in [0.05, 0.1) is 0 Å². The number of pyridine rings is 1. The number of hydrogen-bond acceptors (Lipinski definition) is 5. The highest BCUT2D eigenvalue weighted by molar-refractivity contribution is 6.05. The van der Waals surface area contributed by atoms with Crippen molar-refractivity contribution in [3.8, 4) is 5.88 Å². The summed E-state index contributed by atoms with van der Waals surface area (Å²) in [6.45, 7) is 1.23. The van der Waals surface area contributed by atoms with Gasteiger partial charge < -0.3 is 9.84 Å². The number of carbonyl (C=O) groups is 3. The molecule has 0 aromatic carbocycles. The summed E-state index contributed by atoms with van der Waals surface area (Å²) in [4.78, 5) is 35.8. The van der Waals surface area contributed by atoms with Crippen molar-refractivity contribution < 1.29 is 24.2 Å². The molecule has 0 radical (unpaired) electrons. The minimum absolute atomic E-state index is 0.0689. The van der Waals surface area contributed by atoms with Gasteiger partial charge >= 0.3 is 11.9 Å². The Hall–Kier alpha value is -2.24. The molecule has 0 bridgehead atoms. The number of aliphatic carboxylic acids is 1. The lowest BCUT2D eigenvalue weighted by Crippen LogP contribution is -2.08. The molecule has 0 amide bonds. The van der Waals surface area contributed by atoms with E-state index in [2.05, 4.69) is 9.72 Å². The van der Waals surface area contributed by atoms with Gasteiger partial charge in [-0.2, -0.15) is 0 Å². The first-order chi connectivity index (χ1) is 7.49. The minimum atomic E-state index is -1.20. The first-order valence-electron chi connectivity index (χ1n) is 4.38. The van der Waals surface area contributed by atoms with E-state index >= 15 is 0 Å². The number of carboxylic acid groups (broad SMARTS) is 1. The summed E-state index contributed by atoms with van der Waals surface area (Å²) >= 11 is 0. The van der Waals surface area contributed by atoms with Gasteiger partial charge in [-0.1, -0.05) is 0 Å². The maximum Gasteiger partial charge on any atom is 0.311 e. The monoisotopic (exact) mass is 223 g/mol. The van der Waals surface area contributed by atoms with E-state index in [1.165, 1.54) is 25.3 Å². The van der Waals surface area contributed by atoms with Gasteiger partial charge in [0.1, 0.15) is 6.42 Å². The van der Waals surface area contributed by atoms with Gasteiger partial charge in [-0.05, 0) is 6.07 Å². The number of nitrogens with zero attached hydrogens (tertiary/aromatic N) is 1. The van der Waals surface area contributed by atoms with Gasteiger partial charge in [0, 0.05) is 24.8 Å². The molecule has 0 saturated carbocycles. The summed E-state index contributed by atoms with van der Waals surface area (Å²) < 4.78 is 4.65. The molecule has 0 saturated heterocycles. The average Bonchev–Trinajstić information content (AvgIpc) is 2.16. The molecule has 1 aromatic rings. The highest BCUT2D eigenvalue weighted by Gasteiger charge is 2.11. The quantitative estimate of drug-likeness (QED) is 0.458. The average molecular weight is 223 g/mol. The molecule has 84 valence electrons. The molecule has 6 nitrogen and oxygen atoms in total. The Morgan fingerprint density at radius 1 is 1.38 bits per heavy atom. The number of carbonyl (C=O) groups excluding carboxylic acids is 2. The van der Waals surface area contributed by atoms with Gasteiger partial charge in [-0.25, -0.2) is 4.98 Å². The lowest BCUT2D eigenvalue weighted by atomic mass is 10.1. The third-order valence-electron chi connectivity index (χ3n) is 1.62. The van der Waals surface area contributed by atoms with Crippen LogP contribution in [0.5, 0.6) is 5.88 Å². The van der Waals surface area contributed by atoms with Crippen LogP contribution in [-0.4, -0.2) is 27.8 Å². The molecule has 0 aliphatic carbocycles. The molecular weight excluding hydrogens is 214 g/mol. The molecule has 0 aliphatic heterocycles. The van der Waals surface area contributed by atoms with E-state index in [0.29, 0.717) is 0 Å². The molecule has 16 heavy (non-hydrogen) atoms. The van der Waals surface area contributed by atoms with Crippen LogP contribution in [0.25, 0.3) is 0 Å². The SMILES string of the molecule is CC(=O)Oc1ccc(C(=O)CC(=O)O)cn1. The van der Waals surface area contributed by atoms with E-state index in [4.69, 9.17) is 5.11 Å². The zero-order chi connectivity index (χ0) is 12.1. The topological polar surface area (TPSA) is 93.6 Å². The number of Topliss-reactive ketones (excluding diaryl/α,β-unsaturated/α-hetero) is 1. The van der Waals surface area contributed by atoms with Crippen LogP contribution in [-0.2, 0) is 9.59 Å². The number of carboxylic acids is 1. The number of rotatable bonds is 4. The molecule has 1 aromatic heterocycles. The number of aromatic nitrogens is 1. The number of esters is 1. The fourth-order valence-corrected chi connectivity index (χ4v) is 0.992. The number of ketones is 1. The van der Waals surface area contributed by atoms with Crippen molar-refractivity contribution in [3.05, 3.63) is 23.9 Å². The van der Waals surface area contributed by atoms with Gasteiger partial charge in [0.25, 0.3) is 0 Å². The highest BCUT2D eigenvalue weighted by atomic mass is 16.5. The Kier molecular flexibility index (Phi) is 3.71. The zero-order valence-corrected chi connectivity index (χ0v) is 8.47. The van der Waals surface area contributed by atoms with Crippen molar-refractivity contribution in [2.45, 2.75) is 13.3 Å². The summed E-state index contributed by atoms with van der Waals surface area (Å²) in [6, 6.07) is 2.69. The van der Waals surface area contributed by atoms with E-state index in [0.717, 1.165) is 0 Å². The van der Waals surface area contributed by atoms with E-state index in [1.807, 2.05) is 0 Å². The van der Waals surface area contributed by atoms with E-state index in [-0.39, 0.29) is 11.4 Å². The van der Waals surface area contributed by atoms with Crippen LogP contribution in [0.15, 0.2) is 18.3 Å². The van der Waals surface area contributed by atoms with Crippen molar-refractivity contribution in [1.82, 2.24) is 4.98 Å². The van der Waals surface area contributed by atoms with E-state index in [1.54, 1.807) is 0 Å². The second-order valence-corrected chi connectivity index (χ2v) is 2.97. The molecule has 1 heterocycles.